The molecule has 0 saturated heterocycles. The van der Waals surface area contributed by atoms with E-state index in [2.05, 4.69) is 15.3 Å². The Kier molecular flexibility index (Phi) is 4.46. The number of fused-ring (bicyclic) bond motifs is 1. The number of carbonyl (C=O) groups is 1. The summed E-state index contributed by atoms with van der Waals surface area (Å²) in [6.45, 7) is 0.0130. The predicted molar refractivity (Wildman–Crippen MR) is 81.0 cm³/mol. The summed E-state index contributed by atoms with van der Waals surface area (Å²) in [6, 6.07) is 4.28. The van der Waals surface area contributed by atoms with E-state index in [0.29, 0.717) is 16.7 Å². The number of halogens is 1. The molecule has 1 heterocycles. The summed E-state index contributed by atoms with van der Waals surface area (Å²) in [6.07, 6.45) is 6.73. The van der Waals surface area contributed by atoms with E-state index >= 15 is 0 Å². The van der Waals surface area contributed by atoms with Gasteiger partial charge in [-0.1, -0.05) is 6.42 Å². The SMILES string of the molecule is O=C(CNc1ncnc2ccc(F)cc12)OC1CCCCC1. The molecule has 1 aliphatic carbocycles. The highest BCUT2D eigenvalue weighted by Gasteiger charge is 2.17. The molecule has 116 valence electrons. The number of rotatable bonds is 4. The van der Waals surface area contributed by atoms with Crippen LogP contribution in [0.1, 0.15) is 32.1 Å². The maximum absolute atomic E-state index is 13.3. The second-order valence-electron chi connectivity index (χ2n) is 5.49. The maximum atomic E-state index is 13.3. The predicted octanol–water partition coefficient (Wildman–Crippen LogP) is 3.06. The molecule has 3 rings (SSSR count). The largest absolute Gasteiger partial charge is 0.461 e. The van der Waals surface area contributed by atoms with Crippen LogP contribution in [0.3, 0.4) is 0 Å². The number of esters is 1. The van der Waals surface area contributed by atoms with Gasteiger partial charge in [0.2, 0.25) is 0 Å². The Morgan fingerprint density at radius 3 is 2.91 bits per heavy atom. The van der Waals surface area contributed by atoms with Gasteiger partial charge in [0.05, 0.1) is 5.52 Å². The van der Waals surface area contributed by atoms with Crippen molar-refractivity contribution in [2.75, 3.05) is 11.9 Å². The zero-order chi connectivity index (χ0) is 15.4. The molecule has 2 aromatic rings. The second kappa shape index (κ2) is 6.68. The number of benzene rings is 1. The summed E-state index contributed by atoms with van der Waals surface area (Å²) >= 11 is 0. The third kappa shape index (κ3) is 3.50. The first-order chi connectivity index (χ1) is 10.7. The van der Waals surface area contributed by atoms with Crippen molar-refractivity contribution in [3.8, 4) is 0 Å². The maximum Gasteiger partial charge on any atom is 0.325 e. The Labute approximate surface area is 127 Å². The van der Waals surface area contributed by atoms with Crippen molar-refractivity contribution in [2.24, 2.45) is 0 Å². The molecule has 5 nitrogen and oxygen atoms in total. The van der Waals surface area contributed by atoms with Crippen LogP contribution in [-0.2, 0) is 9.53 Å². The lowest BCUT2D eigenvalue weighted by Crippen LogP contribution is -2.25. The lowest BCUT2D eigenvalue weighted by molar-refractivity contribution is -0.148. The fraction of sp³-hybridized carbons (Fsp3) is 0.438. The molecule has 0 spiro atoms. The average Bonchev–Trinajstić information content (AvgIpc) is 2.54. The minimum absolute atomic E-state index is 0.0130. The van der Waals surface area contributed by atoms with Gasteiger partial charge < -0.3 is 10.1 Å². The monoisotopic (exact) mass is 303 g/mol. The Balaban J connectivity index is 1.63. The molecule has 6 heteroatoms. The van der Waals surface area contributed by atoms with Gasteiger partial charge in [0.25, 0.3) is 0 Å². The van der Waals surface area contributed by atoms with Crippen LogP contribution in [0.4, 0.5) is 10.2 Å². The molecule has 0 atom stereocenters. The van der Waals surface area contributed by atoms with Crippen LogP contribution < -0.4 is 5.32 Å². The summed E-state index contributed by atoms with van der Waals surface area (Å²) in [5.41, 5.74) is 0.625. The third-order valence-corrected chi connectivity index (χ3v) is 3.85. The second-order valence-corrected chi connectivity index (χ2v) is 5.49. The van der Waals surface area contributed by atoms with Crippen LogP contribution in [0.15, 0.2) is 24.5 Å². The first-order valence-corrected chi connectivity index (χ1v) is 7.56. The number of carbonyl (C=O) groups excluding carboxylic acids is 1. The molecule has 0 radical (unpaired) electrons. The fourth-order valence-electron chi connectivity index (χ4n) is 2.74. The summed E-state index contributed by atoms with van der Waals surface area (Å²) in [5.74, 6) is -0.240. The Hall–Kier alpha value is -2.24. The van der Waals surface area contributed by atoms with Gasteiger partial charge in [-0.15, -0.1) is 0 Å². The molecule has 0 unspecified atom stereocenters. The van der Waals surface area contributed by atoms with E-state index in [-0.39, 0.29) is 24.4 Å². The first-order valence-electron chi connectivity index (χ1n) is 7.56. The molecule has 0 aliphatic heterocycles. The zero-order valence-electron chi connectivity index (χ0n) is 12.2. The number of hydrogen-bond acceptors (Lipinski definition) is 5. The van der Waals surface area contributed by atoms with Crippen molar-refractivity contribution in [1.82, 2.24) is 9.97 Å². The highest BCUT2D eigenvalue weighted by molar-refractivity contribution is 5.90. The van der Waals surface area contributed by atoms with Gasteiger partial charge in [0.1, 0.15) is 30.6 Å². The van der Waals surface area contributed by atoms with Crippen LogP contribution >= 0.6 is 0 Å². The van der Waals surface area contributed by atoms with Crippen LogP contribution in [0.5, 0.6) is 0 Å². The topological polar surface area (TPSA) is 64.1 Å². The van der Waals surface area contributed by atoms with E-state index in [1.165, 1.54) is 24.9 Å². The lowest BCUT2D eigenvalue weighted by Gasteiger charge is -2.21. The molecule has 1 N–H and O–H groups in total. The molecule has 0 amide bonds. The molecule has 1 aromatic heterocycles. The van der Waals surface area contributed by atoms with E-state index in [1.807, 2.05) is 0 Å². The number of hydrogen-bond donors (Lipinski definition) is 1. The van der Waals surface area contributed by atoms with Crippen LogP contribution in [0.25, 0.3) is 10.9 Å². The molecule has 22 heavy (non-hydrogen) atoms. The number of anilines is 1. The summed E-state index contributed by atoms with van der Waals surface area (Å²) in [5, 5.41) is 3.46. The number of nitrogens with one attached hydrogen (secondary N) is 1. The molecule has 1 fully saturated rings. The van der Waals surface area contributed by atoms with Crippen molar-refractivity contribution in [3.05, 3.63) is 30.3 Å². The van der Waals surface area contributed by atoms with E-state index < -0.39 is 0 Å². The highest BCUT2D eigenvalue weighted by atomic mass is 19.1. The smallest absolute Gasteiger partial charge is 0.325 e. The van der Waals surface area contributed by atoms with Gasteiger partial charge in [-0.05, 0) is 43.9 Å². The van der Waals surface area contributed by atoms with Gasteiger partial charge in [0.15, 0.2) is 0 Å². The molecular formula is C16H18FN3O2. The van der Waals surface area contributed by atoms with Gasteiger partial charge in [-0.3, -0.25) is 4.79 Å². The quantitative estimate of drug-likeness (QED) is 0.879. The van der Waals surface area contributed by atoms with E-state index in [9.17, 15) is 9.18 Å². The molecule has 0 bridgehead atoms. The Morgan fingerprint density at radius 2 is 2.09 bits per heavy atom. The van der Waals surface area contributed by atoms with Gasteiger partial charge in [-0.25, -0.2) is 14.4 Å². The van der Waals surface area contributed by atoms with E-state index in [4.69, 9.17) is 4.74 Å². The standard InChI is InChI=1S/C16H18FN3O2/c17-11-6-7-14-13(8-11)16(20-10-19-14)18-9-15(21)22-12-4-2-1-3-5-12/h6-8,10,12H,1-5,9H2,(H,18,19,20). The van der Waals surface area contributed by atoms with Gasteiger partial charge >= 0.3 is 5.97 Å². The van der Waals surface area contributed by atoms with Crippen LogP contribution in [0.2, 0.25) is 0 Å². The van der Waals surface area contributed by atoms with Crippen molar-refractivity contribution in [1.29, 1.82) is 0 Å². The minimum atomic E-state index is -0.366. The van der Waals surface area contributed by atoms with Crippen molar-refractivity contribution in [2.45, 2.75) is 38.2 Å². The Morgan fingerprint density at radius 1 is 1.27 bits per heavy atom. The molecular weight excluding hydrogens is 285 g/mol. The number of ether oxygens (including phenoxy) is 1. The van der Waals surface area contributed by atoms with Gasteiger partial charge in [0, 0.05) is 5.39 Å². The van der Waals surface area contributed by atoms with E-state index in [0.717, 1.165) is 25.7 Å². The summed E-state index contributed by atoms with van der Waals surface area (Å²) in [4.78, 5) is 20.0. The summed E-state index contributed by atoms with van der Waals surface area (Å²) in [7, 11) is 0. The van der Waals surface area contributed by atoms with Crippen LogP contribution in [0, 0.1) is 5.82 Å². The molecule has 1 aliphatic rings. The van der Waals surface area contributed by atoms with Crippen molar-refractivity contribution < 1.29 is 13.9 Å². The van der Waals surface area contributed by atoms with E-state index in [1.54, 1.807) is 6.07 Å². The summed E-state index contributed by atoms with van der Waals surface area (Å²) < 4.78 is 18.8. The lowest BCUT2D eigenvalue weighted by atomic mass is 9.98. The average molecular weight is 303 g/mol. The molecule has 1 saturated carbocycles. The van der Waals surface area contributed by atoms with Crippen LogP contribution in [-0.4, -0.2) is 28.6 Å². The normalized spacial score (nSPS) is 15.7. The van der Waals surface area contributed by atoms with Gasteiger partial charge in [-0.2, -0.15) is 0 Å². The van der Waals surface area contributed by atoms with Crippen molar-refractivity contribution >= 4 is 22.7 Å². The van der Waals surface area contributed by atoms with Crippen molar-refractivity contribution in [3.63, 3.8) is 0 Å². The Bertz CT molecular complexity index is 671. The minimum Gasteiger partial charge on any atom is -0.461 e. The third-order valence-electron chi connectivity index (χ3n) is 3.85. The fourth-order valence-corrected chi connectivity index (χ4v) is 2.74. The number of nitrogens with zero attached hydrogens (tertiary/aromatic N) is 2. The number of aromatic nitrogens is 2. The zero-order valence-corrected chi connectivity index (χ0v) is 12.2. The highest BCUT2D eigenvalue weighted by Crippen LogP contribution is 2.21. The first kappa shape index (κ1) is 14.7. The molecule has 1 aromatic carbocycles.